The number of fused-ring (bicyclic) bond motifs is 1. The van der Waals surface area contributed by atoms with Gasteiger partial charge in [0.25, 0.3) is 5.91 Å². The molecule has 0 atom stereocenters. The number of ether oxygens (including phenoxy) is 1. The molecule has 4 rings (SSSR count). The Hall–Kier alpha value is -2.90. The summed E-state index contributed by atoms with van der Waals surface area (Å²) >= 11 is 6.25. The Kier molecular flexibility index (Phi) is 7.54. The molecule has 0 bridgehead atoms. The molecule has 1 aliphatic heterocycles. The monoisotopic (exact) mass is 481 g/mol. The van der Waals surface area contributed by atoms with Gasteiger partial charge in [0.2, 0.25) is 5.95 Å². The molecule has 0 unspecified atom stereocenters. The molecule has 1 saturated heterocycles. The molecule has 180 valence electrons. The van der Waals surface area contributed by atoms with Gasteiger partial charge in [0.1, 0.15) is 5.75 Å². The van der Waals surface area contributed by atoms with Gasteiger partial charge in [0.15, 0.2) is 6.61 Å². The van der Waals surface area contributed by atoms with Gasteiger partial charge in [-0.25, -0.2) is 9.97 Å². The molecular weight excluding hydrogens is 450 g/mol. The number of halogens is 1. The molecule has 1 aliphatic rings. The lowest BCUT2D eigenvalue weighted by Crippen LogP contribution is -2.42. The minimum absolute atomic E-state index is 0.124. The second-order valence-corrected chi connectivity index (χ2v) is 9.39. The van der Waals surface area contributed by atoms with Crippen LogP contribution >= 0.6 is 11.6 Å². The van der Waals surface area contributed by atoms with Crippen LogP contribution in [0.2, 0.25) is 5.02 Å². The van der Waals surface area contributed by atoms with Crippen LogP contribution in [0.25, 0.3) is 10.9 Å². The number of benzene rings is 2. The molecule has 0 spiro atoms. The van der Waals surface area contributed by atoms with Crippen LogP contribution in [-0.4, -0.2) is 60.6 Å². The zero-order valence-electron chi connectivity index (χ0n) is 20.3. The smallest absolute Gasteiger partial charge is 0.262 e. The predicted molar refractivity (Wildman–Crippen MR) is 138 cm³/mol. The van der Waals surface area contributed by atoms with Crippen molar-refractivity contribution >= 4 is 40.0 Å². The van der Waals surface area contributed by atoms with E-state index >= 15 is 0 Å². The van der Waals surface area contributed by atoms with Gasteiger partial charge in [-0.05, 0) is 76.2 Å². The molecule has 0 radical (unpaired) electrons. The fourth-order valence-corrected chi connectivity index (χ4v) is 4.55. The zero-order chi connectivity index (χ0) is 24.2. The maximum atomic E-state index is 12.5. The van der Waals surface area contributed by atoms with Gasteiger partial charge in [-0.2, -0.15) is 0 Å². The summed E-state index contributed by atoms with van der Waals surface area (Å²) in [6.07, 6.45) is 3.10. The highest BCUT2D eigenvalue weighted by Crippen LogP contribution is 2.27. The molecule has 3 aromatic rings. The fourth-order valence-electron chi connectivity index (χ4n) is 4.29. The van der Waals surface area contributed by atoms with Gasteiger partial charge >= 0.3 is 0 Å². The van der Waals surface area contributed by atoms with E-state index in [0.717, 1.165) is 60.5 Å². The number of rotatable bonds is 7. The van der Waals surface area contributed by atoms with Crippen LogP contribution in [-0.2, 0) is 11.2 Å². The predicted octanol–water partition coefficient (Wildman–Crippen LogP) is 4.70. The van der Waals surface area contributed by atoms with Crippen LogP contribution in [0.5, 0.6) is 5.75 Å². The average molecular weight is 482 g/mol. The molecule has 34 heavy (non-hydrogen) atoms. The van der Waals surface area contributed by atoms with Crippen molar-refractivity contribution in [3.05, 3.63) is 52.7 Å². The van der Waals surface area contributed by atoms with Crippen LogP contribution in [0.15, 0.2) is 36.4 Å². The summed E-state index contributed by atoms with van der Waals surface area (Å²) in [7, 11) is 4.27. The van der Waals surface area contributed by atoms with E-state index in [1.807, 2.05) is 37.3 Å². The van der Waals surface area contributed by atoms with E-state index in [1.54, 1.807) is 6.07 Å². The highest BCUT2D eigenvalue weighted by Gasteiger charge is 2.23. The summed E-state index contributed by atoms with van der Waals surface area (Å²) in [6.45, 7) is 5.82. The normalized spacial score (nSPS) is 14.6. The molecule has 2 heterocycles. The molecule has 1 aromatic heterocycles. The minimum atomic E-state index is -0.256. The van der Waals surface area contributed by atoms with Crippen LogP contribution in [0.3, 0.4) is 0 Å². The van der Waals surface area contributed by atoms with Crippen molar-refractivity contribution in [2.75, 3.05) is 44.0 Å². The first-order chi connectivity index (χ1) is 16.3. The third-order valence-corrected chi connectivity index (χ3v) is 6.69. The number of amides is 1. The Labute approximate surface area is 206 Å². The van der Waals surface area contributed by atoms with E-state index in [1.165, 1.54) is 0 Å². The average Bonchev–Trinajstić information content (AvgIpc) is 2.83. The number of nitrogens with zero attached hydrogens (tertiary/aromatic N) is 4. The van der Waals surface area contributed by atoms with E-state index in [-0.39, 0.29) is 12.5 Å². The van der Waals surface area contributed by atoms with Crippen molar-refractivity contribution in [2.24, 2.45) is 0 Å². The van der Waals surface area contributed by atoms with Gasteiger partial charge in [0.05, 0.1) is 16.2 Å². The third kappa shape index (κ3) is 5.59. The van der Waals surface area contributed by atoms with Gasteiger partial charge in [-0.3, -0.25) is 4.79 Å². The minimum Gasteiger partial charge on any atom is -0.482 e. The van der Waals surface area contributed by atoms with Gasteiger partial charge in [-0.1, -0.05) is 24.6 Å². The molecule has 1 N–H and O–H groups in total. The van der Waals surface area contributed by atoms with Crippen LogP contribution in [0.1, 0.15) is 31.0 Å². The quantitative estimate of drug-likeness (QED) is 0.527. The first-order valence-corrected chi connectivity index (χ1v) is 12.1. The maximum absolute atomic E-state index is 12.5. The lowest BCUT2D eigenvalue weighted by atomic mass is 10.0. The molecule has 2 aromatic carbocycles. The first-order valence-electron chi connectivity index (χ1n) is 11.7. The number of aromatic nitrogens is 2. The zero-order valence-corrected chi connectivity index (χ0v) is 21.0. The largest absolute Gasteiger partial charge is 0.482 e. The van der Waals surface area contributed by atoms with Crippen LogP contribution in [0.4, 0.5) is 11.6 Å². The second-order valence-electron chi connectivity index (χ2n) is 8.98. The number of piperidine rings is 1. The van der Waals surface area contributed by atoms with Crippen molar-refractivity contribution in [3.8, 4) is 5.75 Å². The molecule has 8 heteroatoms. The summed E-state index contributed by atoms with van der Waals surface area (Å²) < 4.78 is 5.61. The lowest BCUT2D eigenvalue weighted by Gasteiger charge is -2.35. The van der Waals surface area contributed by atoms with E-state index in [9.17, 15) is 4.79 Å². The Bertz CT molecular complexity index is 1180. The van der Waals surface area contributed by atoms with Crippen LogP contribution in [0, 0.1) is 6.92 Å². The number of aryl methyl sites for hydroxylation is 2. The standard InChI is InChI=1S/C26H32ClN5O2/c1-5-18-6-9-24(22(27)14-18)34-16-25(33)29-19-7-8-23-21(15-19)17(2)28-26(30-23)32-12-10-20(11-13-32)31(3)4/h6-9,14-15,20H,5,10-13,16H2,1-4H3,(H,29,33). The first kappa shape index (κ1) is 24.2. The highest BCUT2D eigenvalue weighted by molar-refractivity contribution is 6.32. The van der Waals surface area contributed by atoms with E-state index in [2.05, 4.69) is 36.1 Å². The van der Waals surface area contributed by atoms with Crippen molar-refractivity contribution in [2.45, 2.75) is 39.2 Å². The number of anilines is 2. The second kappa shape index (κ2) is 10.6. The lowest BCUT2D eigenvalue weighted by molar-refractivity contribution is -0.118. The number of hydrogen-bond donors (Lipinski definition) is 1. The SMILES string of the molecule is CCc1ccc(OCC(=O)Nc2ccc3nc(N4CCC(N(C)C)CC4)nc(C)c3c2)c(Cl)c1. The van der Waals surface area contributed by atoms with Gasteiger partial charge in [0, 0.05) is 30.2 Å². The third-order valence-electron chi connectivity index (χ3n) is 6.40. The summed E-state index contributed by atoms with van der Waals surface area (Å²) in [5, 5.41) is 4.32. The van der Waals surface area contributed by atoms with E-state index < -0.39 is 0 Å². The summed E-state index contributed by atoms with van der Waals surface area (Å²) in [6, 6.07) is 11.9. The van der Waals surface area contributed by atoms with Gasteiger partial charge in [-0.15, -0.1) is 0 Å². The molecule has 1 fully saturated rings. The number of nitrogens with one attached hydrogen (secondary N) is 1. The Balaban J connectivity index is 1.41. The van der Waals surface area contributed by atoms with E-state index in [0.29, 0.717) is 22.5 Å². The summed E-state index contributed by atoms with van der Waals surface area (Å²) in [5.41, 5.74) is 3.57. The Morgan fingerprint density at radius 2 is 1.94 bits per heavy atom. The number of carbonyl (C=O) groups is 1. The Morgan fingerprint density at radius 1 is 1.18 bits per heavy atom. The van der Waals surface area contributed by atoms with Crippen molar-refractivity contribution < 1.29 is 9.53 Å². The molecule has 0 saturated carbocycles. The summed E-state index contributed by atoms with van der Waals surface area (Å²) in [4.78, 5) is 26.6. The van der Waals surface area contributed by atoms with Crippen molar-refractivity contribution in [3.63, 3.8) is 0 Å². The van der Waals surface area contributed by atoms with Crippen LogP contribution < -0.4 is 15.0 Å². The van der Waals surface area contributed by atoms with E-state index in [4.69, 9.17) is 26.3 Å². The molecule has 0 aliphatic carbocycles. The number of hydrogen-bond acceptors (Lipinski definition) is 6. The van der Waals surface area contributed by atoms with Crippen molar-refractivity contribution in [1.82, 2.24) is 14.9 Å². The maximum Gasteiger partial charge on any atom is 0.262 e. The number of carbonyl (C=O) groups excluding carboxylic acids is 1. The Morgan fingerprint density at radius 3 is 2.62 bits per heavy atom. The summed E-state index contributed by atoms with van der Waals surface area (Å²) in [5.74, 6) is 1.02. The van der Waals surface area contributed by atoms with Crippen molar-refractivity contribution in [1.29, 1.82) is 0 Å². The molecular formula is C26H32ClN5O2. The topological polar surface area (TPSA) is 70.6 Å². The molecule has 1 amide bonds. The fraction of sp³-hybridized carbons (Fsp3) is 0.423. The van der Waals surface area contributed by atoms with Gasteiger partial charge < -0.3 is 19.9 Å². The highest BCUT2D eigenvalue weighted by atomic mass is 35.5. The molecule has 7 nitrogen and oxygen atoms in total.